The third-order valence-electron chi connectivity index (χ3n) is 7.15. The van der Waals surface area contributed by atoms with Crippen LogP contribution in [0.15, 0.2) is 18.2 Å². The number of hydrogen-bond donors (Lipinski definition) is 3. The molecule has 3 heteroatoms. The minimum Gasteiger partial charge on any atom is -0.508 e. The van der Waals surface area contributed by atoms with Crippen LogP contribution < -0.4 is 0 Å². The van der Waals surface area contributed by atoms with Crippen molar-refractivity contribution in [3.63, 3.8) is 0 Å². The largest absolute Gasteiger partial charge is 0.508 e. The molecule has 0 aromatic heterocycles. The first-order chi connectivity index (χ1) is 10.9. The van der Waals surface area contributed by atoms with Crippen LogP contribution in [0, 0.1) is 29.6 Å². The molecule has 3 N–H and O–H groups in total. The molecular formula is C20H24O3. The summed E-state index contributed by atoms with van der Waals surface area (Å²) in [5, 5.41) is 31.1. The number of benzene rings is 1. The first-order valence-electron chi connectivity index (χ1n) is 8.60. The van der Waals surface area contributed by atoms with Gasteiger partial charge in [0, 0.05) is 5.41 Å². The van der Waals surface area contributed by atoms with Gasteiger partial charge in [-0.2, -0.15) is 0 Å². The average Bonchev–Trinajstić information content (AvgIpc) is 2.75. The summed E-state index contributed by atoms with van der Waals surface area (Å²) in [7, 11) is 0. The van der Waals surface area contributed by atoms with Crippen molar-refractivity contribution in [2.75, 3.05) is 0 Å². The van der Waals surface area contributed by atoms with E-state index < -0.39 is 17.1 Å². The molecule has 4 rings (SSSR count). The van der Waals surface area contributed by atoms with Crippen molar-refractivity contribution in [1.82, 2.24) is 0 Å². The fraction of sp³-hybridized carbons (Fsp3) is 0.600. The van der Waals surface area contributed by atoms with Gasteiger partial charge in [-0.3, -0.25) is 0 Å². The molecule has 0 saturated heterocycles. The van der Waals surface area contributed by atoms with E-state index in [4.69, 9.17) is 6.42 Å². The van der Waals surface area contributed by atoms with E-state index >= 15 is 0 Å². The number of fused-ring (bicyclic) bond motifs is 5. The maximum Gasteiger partial charge on any atom is 0.156 e. The Labute approximate surface area is 137 Å². The van der Waals surface area contributed by atoms with Crippen LogP contribution in [0.2, 0.25) is 0 Å². The summed E-state index contributed by atoms with van der Waals surface area (Å²) >= 11 is 0. The van der Waals surface area contributed by atoms with Gasteiger partial charge in [0.05, 0.1) is 6.10 Å². The molecule has 122 valence electrons. The number of aryl methyl sites for hydroxylation is 1. The van der Waals surface area contributed by atoms with Crippen LogP contribution in [0.3, 0.4) is 0 Å². The van der Waals surface area contributed by atoms with E-state index in [1.165, 1.54) is 11.1 Å². The SMILES string of the molecule is C#C[C@]1(O)[C@H](O)CC2C3CCc4cc(O)ccc4C3CC[C@@]21C. The third kappa shape index (κ3) is 1.80. The van der Waals surface area contributed by atoms with Crippen molar-refractivity contribution < 1.29 is 15.3 Å². The Kier molecular flexibility index (Phi) is 3.11. The lowest BCUT2D eigenvalue weighted by molar-refractivity contribution is -0.101. The fourth-order valence-electron chi connectivity index (χ4n) is 5.85. The molecule has 1 aromatic rings. The summed E-state index contributed by atoms with van der Waals surface area (Å²) in [4.78, 5) is 0. The number of aromatic hydroxyl groups is 1. The molecule has 3 aliphatic carbocycles. The summed E-state index contributed by atoms with van der Waals surface area (Å²) in [6.07, 6.45) is 9.17. The smallest absolute Gasteiger partial charge is 0.156 e. The number of phenols is 1. The molecule has 1 aromatic carbocycles. The Morgan fingerprint density at radius 1 is 1.30 bits per heavy atom. The Balaban J connectivity index is 1.74. The standard InChI is InChI=1S/C20H24O3/c1-3-20(23)18(22)11-17-16-6-4-12-10-13(21)5-7-14(12)15(16)8-9-19(17,20)2/h1,5,7,10,15-18,21-23H,4,6,8-9,11H2,2H3/t15?,16?,17?,18-,19+,20+/m1/s1. The van der Waals surface area contributed by atoms with Crippen LogP contribution >= 0.6 is 0 Å². The zero-order chi connectivity index (χ0) is 16.4. The van der Waals surface area contributed by atoms with Crippen LogP contribution in [0.1, 0.15) is 49.7 Å². The van der Waals surface area contributed by atoms with Crippen LogP contribution in [0.5, 0.6) is 5.75 Å². The van der Waals surface area contributed by atoms with Gasteiger partial charge in [-0.15, -0.1) is 6.42 Å². The second-order valence-electron chi connectivity index (χ2n) is 7.92. The number of aliphatic hydroxyl groups is 2. The molecule has 3 aliphatic rings. The monoisotopic (exact) mass is 312 g/mol. The van der Waals surface area contributed by atoms with Crippen molar-refractivity contribution >= 4 is 0 Å². The molecule has 3 unspecified atom stereocenters. The van der Waals surface area contributed by atoms with Crippen LogP contribution in [0.25, 0.3) is 0 Å². The van der Waals surface area contributed by atoms with Crippen molar-refractivity contribution in [2.24, 2.45) is 17.3 Å². The van der Waals surface area contributed by atoms with E-state index in [2.05, 4.69) is 18.9 Å². The molecular weight excluding hydrogens is 288 g/mol. The first-order valence-corrected chi connectivity index (χ1v) is 8.60. The second kappa shape index (κ2) is 4.75. The van der Waals surface area contributed by atoms with Crippen molar-refractivity contribution in [2.45, 2.75) is 56.7 Å². The van der Waals surface area contributed by atoms with Crippen molar-refractivity contribution in [3.05, 3.63) is 29.3 Å². The molecule has 23 heavy (non-hydrogen) atoms. The zero-order valence-corrected chi connectivity index (χ0v) is 13.5. The molecule has 0 bridgehead atoms. The molecule has 0 heterocycles. The maximum absolute atomic E-state index is 10.9. The lowest BCUT2D eigenvalue weighted by Gasteiger charge is -2.51. The third-order valence-corrected chi connectivity index (χ3v) is 7.15. The maximum atomic E-state index is 10.9. The minimum absolute atomic E-state index is 0.249. The molecule has 6 atom stereocenters. The molecule has 2 saturated carbocycles. The topological polar surface area (TPSA) is 60.7 Å². The molecule has 2 fully saturated rings. The van der Waals surface area contributed by atoms with E-state index in [-0.39, 0.29) is 5.92 Å². The molecule has 0 radical (unpaired) electrons. The summed E-state index contributed by atoms with van der Waals surface area (Å²) in [6.45, 7) is 2.07. The fourth-order valence-corrected chi connectivity index (χ4v) is 5.85. The normalized spacial score (nSPS) is 44.8. The summed E-state index contributed by atoms with van der Waals surface area (Å²) in [5.74, 6) is 4.00. The number of phenolic OH excluding ortho intramolecular Hbond substituents is 1. The van der Waals surface area contributed by atoms with Crippen LogP contribution in [-0.2, 0) is 6.42 Å². The van der Waals surface area contributed by atoms with E-state index in [0.717, 1.165) is 25.7 Å². The van der Waals surface area contributed by atoms with Gasteiger partial charge in [0.1, 0.15) is 5.75 Å². The lowest BCUT2D eigenvalue weighted by Crippen LogP contribution is -2.53. The Morgan fingerprint density at radius 3 is 2.83 bits per heavy atom. The number of rotatable bonds is 0. The van der Waals surface area contributed by atoms with Gasteiger partial charge in [0.15, 0.2) is 5.60 Å². The number of hydrogen-bond acceptors (Lipinski definition) is 3. The number of terminal acetylenes is 1. The highest BCUT2D eigenvalue weighted by Gasteiger charge is 2.65. The Morgan fingerprint density at radius 2 is 2.09 bits per heavy atom. The zero-order valence-electron chi connectivity index (χ0n) is 13.5. The predicted molar refractivity (Wildman–Crippen MR) is 87.9 cm³/mol. The molecule has 3 nitrogen and oxygen atoms in total. The quantitative estimate of drug-likeness (QED) is 0.645. The minimum atomic E-state index is -1.40. The van der Waals surface area contributed by atoms with E-state index in [1.807, 2.05) is 6.07 Å². The van der Waals surface area contributed by atoms with Gasteiger partial charge in [0.25, 0.3) is 0 Å². The van der Waals surface area contributed by atoms with Crippen LogP contribution in [-0.4, -0.2) is 27.0 Å². The van der Waals surface area contributed by atoms with Crippen molar-refractivity contribution in [3.8, 4) is 18.1 Å². The van der Waals surface area contributed by atoms with Crippen LogP contribution in [0.4, 0.5) is 0 Å². The molecule has 0 amide bonds. The van der Waals surface area contributed by atoms with Gasteiger partial charge in [0.2, 0.25) is 0 Å². The van der Waals surface area contributed by atoms with Crippen molar-refractivity contribution in [1.29, 1.82) is 0 Å². The predicted octanol–water partition coefficient (Wildman–Crippen LogP) is 2.58. The Bertz CT molecular complexity index is 691. The van der Waals surface area contributed by atoms with Gasteiger partial charge in [-0.05, 0) is 73.1 Å². The van der Waals surface area contributed by atoms with Gasteiger partial charge >= 0.3 is 0 Å². The van der Waals surface area contributed by atoms with E-state index in [9.17, 15) is 15.3 Å². The lowest BCUT2D eigenvalue weighted by atomic mass is 9.53. The summed E-state index contributed by atoms with van der Waals surface area (Å²) in [5.41, 5.74) is 0.779. The molecule has 0 spiro atoms. The Hall–Kier alpha value is -1.50. The highest BCUT2D eigenvalue weighted by molar-refractivity contribution is 5.41. The first kappa shape index (κ1) is 15.1. The van der Waals surface area contributed by atoms with Gasteiger partial charge < -0.3 is 15.3 Å². The number of aliphatic hydroxyl groups excluding tert-OH is 1. The second-order valence-corrected chi connectivity index (χ2v) is 7.92. The highest BCUT2D eigenvalue weighted by atomic mass is 16.3. The molecule has 0 aliphatic heterocycles. The van der Waals surface area contributed by atoms with E-state index in [0.29, 0.717) is 24.0 Å². The average molecular weight is 312 g/mol. The summed E-state index contributed by atoms with van der Waals surface area (Å²) in [6, 6.07) is 5.72. The highest BCUT2D eigenvalue weighted by Crippen LogP contribution is 2.64. The van der Waals surface area contributed by atoms with Gasteiger partial charge in [-0.1, -0.05) is 18.9 Å². The van der Waals surface area contributed by atoms with E-state index in [1.54, 1.807) is 6.07 Å². The summed E-state index contributed by atoms with van der Waals surface area (Å²) < 4.78 is 0. The van der Waals surface area contributed by atoms with Gasteiger partial charge in [-0.25, -0.2) is 0 Å².